The molecular formula is C18H19ClN6O2S. The van der Waals surface area contributed by atoms with E-state index in [1.54, 1.807) is 42.3 Å². The van der Waals surface area contributed by atoms with Gasteiger partial charge in [0.2, 0.25) is 10.0 Å². The maximum absolute atomic E-state index is 13.0. The van der Waals surface area contributed by atoms with Crippen LogP contribution >= 0.6 is 11.6 Å². The second-order valence-electron chi connectivity index (χ2n) is 6.52. The van der Waals surface area contributed by atoms with E-state index in [2.05, 4.69) is 15.2 Å². The first-order valence-corrected chi connectivity index (χ1v) is 10.6. The topological polar surface area (TPSA) is 84.2 Å². The molecule has 0 N–H and O–H groups in total. The van der Waals surface area contributed by atoms with Crippen LogP contribution in [0.1, 0.15) is 5.56 Å². The summed E-state index contributed by atoms with van der Waals surface area (Å²) in [5.74, 6) is 1.40. The second-order valence-corrected chi connectivity index (χ2v) is 8.86. The van der Waals surface area contributed by atoms with Crippen molar-refractivity contribution in [1.82, 2.24) is 24.1 Å². The monoisotopic (exact) mass is 418 g/mol. The van der Waals surface area contributed by atoms with Crippen molar-refractivity contribution in [2.75, 3.05) is 31.1 Å². The number of imidazole rings is 1. The molecule has 0 saturated carbocycles. The maximum atomic E-state index is 13.0. The summed E-state index contributed by atoms with van der Waals surface area (Å²) in [5.41, 5.74) is 0.688. The van der Waals surface area contributed by atoms with Gasteiger partial charge in [-0.3, -0.25) is 4.57 Å². The Balaban J connectivity index is 1.46. The summed E-state index contributed by atoms with van der Waals surface area (Å²) < 4.78 is 29.3. The lowest BCUT2D eigenvalue weighted by molar-refractivity contribution is 0.383. The van der Waals surface area contributed by atoms with Crippen molar-refractivity contribution in [3.05, 3.63) is 59.6 Å². The van der Waals surface area contributed by atoms with Crippen molar-refractivity contribution < 1.29 is 8.42 Å². The van der Waals surface area contributed by atoms with Gasteiger partial charge in [0.05, 0.1) is 4.90 Å². The molecule has 3 aromatic rings. The molecule has 0 unspecified atom stereocenters. The van der Waals surface area contributed by atoms with E-state index in [-0.39, 0.29) is 4.90 Å². The standard InChI is InChI=1S/C18H19ClN6O2S/c1-14-2-3-15(19)12-16(14)28(26,27)25-10-8-23(9-11-25)17-4-5-18(22-21-17)24-7-6-20-13-24/h2-7,12-13H,8-11H2,1H3. The van der Waals surface area contributed by atoms with Gasteiger partial charge in [0.25, 0.3) is 0 Å². The molecule has 4 rings (SSSR count). The molecule has 8 nitrogen and oxygen atoms in total. The average Bonchev–Trinajstić information content (AvgIpc) is 3.25. The highest BCUT2D eigenvalue weighted by atomic mass is 35.5. The van der Waals surface area contributed by atoms with Gasteiger partial charge in [0, 0.05) is 43.6 Å². The van der Waals surface area contributed by atoms with E-state index in [1.165, 1.54) is 10.4 Å². The number of nitrogens with zero attached hydrogens (tertiary/aromatic N) is 6. The molecule has 1 aliphatic rings. The molecule has 1 fully saturated rings. The van der Waals surface area contributed by atoms with Crippen molar-refractivity contribution in [2.24, 2.45) is 0 Å². The fraction of sp³-hybridized carbons (Fsp3) is 0.278. The van der Waals surface area contributed by atoms with Crippen LogP contribution in [0.25, 0.3) is 5.82 Å². The van der Waals surface area contributed by atoms with Crippen LogP contribution in [0, 0.1) is 6.92 Å². The summed E-state index contributed by atoms with van der Waals surface area (Å²) in [4.78, 5) is 6.28. The highest BCUT2D eigenvalue weighted by molar-refractivity contribution is 7.89. The molecule has 10 heteroatoms. The van der Waals surface area contributed by atoms with Crippen molar-refractivity contribution in [2.45, 2.75) is 11.8 Å². The van der Waals surface area contributed by atoms with Gasteiger partial charge in [-0.25, -0.2) is 13.4 Å². The minimum atomic E-state index is -3.58. The highest BCUT2D eigenvalue weighted by Gasteiger charge is 2.30. The lowest BCUT2D eigenvalue weighted by Crippen LogP contribution is -2.49. The van der Waals surface area contributed by atoms with E-state index >= 15 is 0 Å². The zero-order valence-corrected chi connectivity index (χ0v) is 16.8. The number of sulfonamides is 1. The van der Waals surface area contributed by atoms with Crippen LogP contribution in [0.15, 0.2) is 53.9 Å². The molecule has 1 aromatic carbocycles. The minimum absolute atomic E-state index is 0.262. The van der Waals surface area contributed by atoms with Crippen LogP contribution in [0.2, 0.25) is 5.02 Å². The fourth-order valence-corrected chi connectivity index (χ4v) is 5.08. The average molecular weight is 419 g/mol. The van der Waals surface area contributed by atoms with Gasteiger partial charge in [-0.05, 0) is 36.8 Å². The zero-order valence-electron chi connectivity index (χ0n) is 15.2. The van der Waals surface area contributed by atoms with Crippen molar-refractivity contribution in [1.29, 1.82) is 0 Å². The van der Waals surface area contributed by atoms with Crippen molar-refractivity contribution >= 4 is 27.4 Å². The van der Waals surface area contributed by atoms with E-state index < -0.39 is 10.0 Å². The Hall–Kier alpha value is -2.49. The molecule has 0 spiro atoms. The van der Waals surface area contributed by atoms with Crippen LogP contribution in [0.3, 0.4) is 0 Å². The number of anilines is 1. The second kappa shape index (κ2) is 7.50. The molecule has 0 amide bonds. The quantitative estimate of drug-likeness (QED) is 0.645. The van der Waals surface area contributed by atoms with Crippen molar-refractivity contribution in [3.8, 4) is 5.82 Å². The molecule has 0 bridgehead atoms. The van der Waals surface area contributed by atoms with Crippen LogP contribution in [-0.4, -0.2) is 58.7 Å². The number of halogens is 1. The molecule has 0 atom stereocenters. The third-order valence-electron chi connectivity index (χ3n) is 4.74. The Bertz CT molecular complexity index is 1060. The third-order valence-corrected chi connectivity index (χ3v) is 7.01. The Morgan fingerprint density at radius 2 is 1.71 bits per heavy atom. The first-order valence-electron chi connectivity index (χ1n) is 8.78. The lowest BCUT2D eigenvalue weighted by atomic mass is 10.2. The minimum Gasteiger partial charge on any atom is -0.352 e. The van der Waals surface area contributed by atoms with Gasteiger partial charge >= 0.3 is 0 Å². The van der Waals surface area contributed by atoms with Crippen LogP contribution in [0.4, 0.5) is 5.82 Å². The summed E-state index contributed by atoms with van der Waals surface area (Å²) in [5, 5.41) is 8.90. The lowest BCUT2D eigenvalue weighted by Gasteiger charge is -2.34. The first-order chi connectivity index (χ1) is 13.4. The molecule has 1 saturated heterocycles. The highest BCUT2D eigenvalue weighted by Crippen LogP contribution is 2.25. The number of rotatable bonds is 4. The number of aromatic nitrogens is 4. The summed E-state index contributed by atoms with van der Waals surface area (Å²) in [6.07, 6.45) is 5.13. The van der Waals surface area contributed by atoms with Crippen LogP contribution < -0.4 is 4.90 Å². The van der Waals surface area contributed by atoms with Crippen LogP contribution in [0.5, 0.6) is 0 Å². The summed E-state index contributed by atoms with van der Waals surface area (Å²) >= 11 is 6.00. The molecule has 0 radical (unpaired) electrons. The number of hydrogen-bond acceptors (Lipinski definition) is 6. The van der Waals surface area contributed by atoms with E-state index in [1.807, 2.05) is 17.0 Å². The third kappa shape index (κ3) is 3.60. The molecule has 28 heavy (non-hydrogen) atoms. The summed E-state index contributed by atoms with van der Waals surface area (Å²) in [6.45, 7) is 3.60. The Kier molecular flexibility index (Phi) is 5.05. The van der Waals surface area contributed by atoms with Crippen molar-refractivity contribution in [3.63, 3.8) is 0 Å². The molecule has 3 heterocycles. The smallest absolute Gasteiger partial charge is 0.243 e. The SMILES string of the molecule is Cc1ccc(Cl)cc1S(=O)(=O)N1CCN(c2ccc(-n3ccnc3)nn2)CC1. The van der Waals surface area contributed by atoms with Gasteiger partial charge in [0.1, 0.15) is 6.33 Å². The van der Waals surface area contributed by atoms with E-state index in [4.69, 9.17) is 11.6 Å². The summed E-state index contributed by atoms with van der Waals surface area (Å²) in [6, 6.07) is 8.68. The first kappa shape index (κ1) is 18.9. The summed E-state index contributed by atoms with van der Waals surface area (Å²) in [7, 11) is -3.58. The van der Waals surface area contributed by atoms with Gasteiger partial charge in [-0.2, -0.15) is 4.31 Å². The fourth-order valence-electron chi connectivity index (χ4n) is 3.17. The van der Waals surface area contributed by atoms with E-state index in [0.717, 1.165) is 5.82 Å². The van der Waals surface area contributed by atoms with E-state index in [9.17, 15) is 8.42 Å². The van der Waals surface area contributed by atoms with Gasteiger partial charge in [-0.1, -0.05) is 17.7 Å². The Morgan fingerprint density at radius 1 is 1.00 bits per heavy atom. The molecule has 2 aromatic heterocycles. The maximum Gasteiger partial charge on any atom is 0.243 e. The number of hydrogen-bond donors (Lipinski definition) is 0. The molecular weight excluding hydrogens is 400 g/mol. The molecule has 1 aliphatic heterocycles. The zero-order chi connectivity index (χ0) is 19.7. The van der Waals surface area contributed by atoms with Gasteiger partial charge in [0.15, 0.2) is 11.6 Å². The predicted molar refractivity (Wildman–Crippen MR) is 106 cm³/mol. The largest absolute Gasteiger partial charge is 0.352 e. The van der Waals surface area contributed by atoms with Gasteiger partial charge < -0.3 is 4.90 Å². The Labute approximate surface area is 168 Å². The number of piperazine rings is 1. The number of aryl methyl sites for hydroxylation is 1. The number of benzene rings is 1. The molecule has 146 valence electrons. The normalized spacial score (nSPS) is 15.7. The van der Waals surface area contributed by atoms with Gasteiger partial charge in [-0.15, -0.1) is 10.2 Å². The predicted octanol–water partition coefficient (Wildman–Crippen LogP) is 2.14. The van der Waals surface area contributed by atoms with Crippen LogP contribution in [-0.2, 0) is 10.0 Å². The van der Waals surface area contributed by atoms with E-state index in [0.29, 0.717) is 42.6 Å². The molecule has 0 aliphatic carbocycles. The Morgan fingerprint density at radius 3 is 2.36 bits per heavy atom.